The first-order chi connectivity index (χ1) is 6.10. The Hall–Kier alpha value is -0.200. The molecule has 1 atom stereocenters. The average Bonchev–Trinajstić information content (AvgIpc) is 2.13. The number of rotatable bonds is 7. The van der Waals surface area contributed by atoms with Gasteiger partial charge in [-0.2, -0.15) is 0 Å². The quantitative estimate of drug-likeness (QED) is 0.324. The minimum atomic E-state index is -1.03. The van der Waals surface area contributed by atoms with Crippen molar-refractivity contribution in [3.63, 3.8) is 0 Å². The lowest BCUT2D eigenvalue weighted by Crippen LogP contribution is -2.55. The van der Waals surface area contributed by atoms with Crippen molar-refractivity contribution < 1.29 is 20.4 Å². The fraction of sp³-hybridized carbons (Fsp3) is 1.00. The molecule has 0 spiro atoms. The highest BCUT2D eigenvalue weighted by atomic mass is 16.3. The van der Waals surface area contributed by atoms with Crippen LogP contribution in [0, 0.1) is 0 Å². The van der Waals surface area contributed by atoms with E-state index in [9.17, 15) is 0 Å². The Morgan fingerprint density at radius 1 is 1.15 bits per heavy atom. The van der Waals surface area contributed by atoms with Crippen molar-refractivity contribution in [2.45, 2.75) is 25.0 Å². The van der Waals surface area contributed by atoms with Crippen LogP contribution in [0.4, 0.5) is 0 Å². The maximum Gasteiger partial charge on any atom is 0.0881 e. The molecular formula is C8H19NO4. The lowest BCUT2D eigenvalue weighted by atomic mass is 10.0. The van der Waals surface area contributed by atoms with Crippen molar-refractivity contribution in [2.75, 3.05) is 26.4 Å². The molecule has 0 aromatic carbocycles. The highest BCUT2D eigenvalue weighted by molar-refractivity contribution is 4.86. The molecule has 0 aliphatic heterocycles. The predicted octanol–water partition coefficient (Wildman–Crippen LogP) is -1.94. The smallest absolute Gasteiger partial charge is 0.0881 e. The monoisotopic (exact) mass is 193 g/mol. The van der Waals surface area contributed by atoms with Crippen LogP contribution < -0.4 is 5.32 Å². The van der Waals surface area contributed by atoms with Gasteiger partial charge in [-0.25, -0.2) is 0 Å². The van der Waals surface area contributed by atoms with Gasteiger partial charge in [0.05, 0.1) is 31.5 Å². The van der Waals surface area contributed by atoms with Gasteiger partial charge in [-0.05, 0) is 19.9 Å². The van der Waals surface area contributed by atoms with Crippen molar-refractivity contribution >= 4 is 0 Å². The molecule has 5 N–H and O–H groups in total. The molecule has 5 heteroatoms. The predicted molar refractivity (Wildman–Crippen MR) is 48.3 cm³/mol. The summed E-state index contributed by atoms with van der Waals surface area (Å²) in [5.74, 6) is 0. The fourth-order valence-corrected chi connectivity index (χ4v) is 0.864. The third kappa shape index (κ3) is 4.54. The number of nitrogens with one attached hydrogen (secondary N) is 1. The van der Waals surface area contributed by atoms with E-state index in [1.54, 1.807) is 6.92 Å². The highest BCUT2D eigenvalue weighted by Crippen LogP contribution is 2.01. The van der Waals surface area contributed by atoms with Crippen LogP contribution in [0.5, 0.6) is 0 Å². The summed E-state index contributed by atoms with van der Waals surface area (Å²) < 4.78 is 0. The molecule has 0 aliphatic rings. The second kappa shape index (κ2) is 6.28. The van der Waals surface area contributed by atoms with Crippen LogP contribution in [-0.4, -0.2) is 58.4 Å². The molecule has 0 radical (unpaired) electrons. The molecule has 0 bridgehead atoms. The van der Waals surface area contributed by atoms with Crippen LogP contribution >= 0.6 is 0 Å². The summed E-state index contributed by atoms with van der Waals surface area (Å²) in [7, 11) is 0. The van der Waals surface area contributed by atoms with E-state index < -0.39 is 11.6 Å². The first-order valence-corrected chi connectivity index (χ1v) is 4.36. The van der Waals surface area contributed by atoms with E-state index in [0.29, 0.717) is 13.0 Å². The van der Waals surface area contributed by atoms with Gasteiger partial charge in [0.2, 0.25) is 0 Å². The summed E-state index contributed by atoms with van der Waals surface area (Å²) in [4.78, 5) is 0. The van der Waals surface area contributed by atoms with Gasteiger partial charge in [-0.1, -0.05) is 0 Å². The summed E-state index contributed by atoms with van der Waals surface area (Å²) >= 11 is 0. The molecule has 0 amide bonds. The molecule has 13 heavy (non-hydrogen) atoms. The van der Waals surface area contributed by atoms with Gasteiger partial charge < -0.3 is 25.7 Å². The number of aliphatic hydroxyl groups excluding tert-OH is 4. The van der Waals surface area contributed by atoms with E-state index in [4.69, 9.17) is 20.4 Å². The number of hydrogen-bond acceptors (Lipinski definition) is 5. The Bertz CT molecular complexity index is 117. The molecule has 0 aliphatic carbocycles. The maximum absolute atomic E-state index is 8.94. The minimum Gasteiger partial charge on any atom is -0.394 e. The lowest BCUT2D eigenvalue weighted by molar-refractivity contribution is 0.0399. The van der Waals surface area contributed by atoms with Gasteiger partial charge in [-0.3, -0.25) is 0 Å². The zero-order chi connectivity index (χ0) is 10.3. The van der Waals surface area contributed by atoms with Gasteiger partial charge in [0.15, 0.2) is 0 Å². The Morgan fingerprint density at radius 2 is 1.62 bits per heavy atom. The van der Waals surface area contributed by atoms with Gasteiger partial charge >= 0.3 is 0 Å². The molecule has 80 valence electrons. The molecule has 0 fully saturated rings. The summed E-state index contributed by atoms with van der Waals surface area (Å²) in [5.41, 5.74) is -1.03. The SMILES string of the molecule is CC(O)CCNC(CO)(CO)CO. The maximum atomic E-state index is 8.94. The van der Waals surface area contributed by atoms with Crippen LogP contribution in [-0.2, 0) is 0 Å². The zero-order valence-corrected chi connectivity index (χ0v) is 7.90. The molecule has 0 rings (SSSR count). The van der Waals surface area contributed by atoms with Crippen LogP contribution in [0.25, 0.3) is 0 Å². The van der Waals surface area contributed by atoms with Gasteiger partial charge in [0.25, 0.3) is 0 Å². The normalized spacial score (nSPS) is 14.5. The summed E-state index contributed by atoms with van der Waals surface area (Å²) in [6.45, 7) is 1.10. The van der Waals surface area contributed by atoms with Crippen molar-refractivity contribution in [3.8, 4) is 0 Å². The second-order valence-electron chi connectivity index (χ2n) is 3.32. The molecule has 0 saturated heterocycles. The van der Waals surface area contributed by atoms with E-state index in [1.165, 1.54) is 0 Å². The van der Waals surface area contributed by atoms with Crippen LogP contribution in [0.15, 0.2) is 0 Å². The molecule has 5 nitrogen and oxygen atoms in total. The molecule has 0 aromatic heterocycles. The molecule has 0 aromatic rings. The number of hydrogen-bond donors (Lipinski definition) is 5. The summed E-state index contributed by atoms with van der Waals surface area (Å²) in [6, 6.07) is 0. The second-order valence-corrected chi connectivity index (χ2v) is 3.32. The minimum absolute atomic E-state index is 0.334. The fourth-order valence-electron chi connectivity index (χ4n) is 0.864. The van der Waals surface area contributed by atoms with Crippen molar-refractivity contribution in [2.24, 2.45) is 0 Å². The Balaban J connectivity index is 3.81. The Morgan fingerprint density at radius 3 is 1.92 bits per heavy atom. The van der Waals surface area contributed by atoms with Crippen LogP contribution in [0.1, 0.15) is 13.3 Å². The summed E-state index contributed by atoms with van der Waals surface area (Å²) in [5, 5.41) is 38.4. The Labute approximate surface area is 78.0 Å². The molecule has 0 saturated carbocycles. The summed E-state index contributed by atoms with van der Waals surface area (Å²) in [6.07, 6.45) is 0.0863. The first kappa shape index (κ1) is 12.8. The molecular weight excluding hydrogens is 174 g/mol. The molecule has 0 heterocycles. The van der Waals surface area contributed by atoms with Gasteiger partial charge in [-0.15, -0.1) is 0 Å². The van der Waals surface area contributed by atoms with Gasteiger partial charge in [0.1, 0.15) is 0 Å². The zero-order valence-electron chi connectivity index (χ0n) is 7.90. The van der Waals surface area contributed by atoms with Crippen molar-refractivity contribution in [1.82, 2.24) is 5.32 Å². The largest absolute Gasteiger partial charge is 0.394 e. The van der Waals surface area contributed by atoms with E-state index in [-0.39, 0.29) is 19.8 Å². The topological polar surface area (TPSA) is 93.0 Å². The third-order valence-corrected chi connectivity index (χ3v) is 1.97. The van der Waals surface area contributed by atoms with Crippen LogP contribution in [0.3, 0.4) is 0 Å². The highest BCUT2D eigenvalue weighted by Gasteiger charge is 2.26. The standard InChI is InChI=1S/C8H19NO4/c1-7(13)2-3-9-8(4-10,5-11)6-12/h7,9-13H,2-6H2,1H3. The van der Waals surface area contributed by atoms with E-state index in [1.807, 2.05) is 0 Å². The average molecular weight is 193 g/mol. The molecule has 1 unspecified atom stereocenters. The first-order valence-electron chi connectivity index (χ1n) is 4.36. The van der Waals surface area contributed by atoms with Crippen molar-refractivity contribution in [3.05, 3.63) is 0 Å². The number of aliphatic hydroxyl groups is 4. The lowest BCUT2D eigenvalue weighted by Gasteiger charge is -2.29. The van der Waals surface area contributed by atoms with E-state index >= 15 is 0 Å². The Kier molecular flexibility index (Phi) is 6.19. The van der Waals surface area contributed by atoms with E-state index in [2.05, 4.69) is 5.32 Å². The third-order valence-electron chi connectivity index (χ3n) is 1.97. The van der Waals surface area contributed by atoms with Crippen LogP contribution in [0.2, 0.25) is 0 Å². The van der Waals surface area contributed by atoms with E-state index in [0.717, 1.165) is 0 Å². The van der Waals surface area contributed by atoms with Gasteiger partial charge in [0, 0.05) is 0 Å². The van der Waals surface area contributed by atoms with Crippen molar-refractivity contribution in [1.29, 1.82) is 0 Å².